The first kappa shape index (κ1) is 38.1. The minimum absolute atomic E-state index is 0.526. The van der Waals surface area contributed by atoms with Gasteiger partial charge in [0.1, 0.15) is 11.7 Å². The molecule has 1 aliphatic heterocycles. The van der Waals surface area contributed by atoms with Crippen LogP contribution in [0.1, 0.15) is 22.9 Å². The van der Waals surface area contributed by atoms with Crippen LogP contribution in [0.25, 0.3) is 91.8 Å². The fourth-order valence-electron chi connectivity index (χ4n) is 9.82. The van der Waals surface area contributed by atoms with Crippen LogP contribution in [0, 0.1) is 0 Å². The van der Waals surface area contributed by atoms with Gasteiger partial charge in [0, 0.05) is 53.2 Å². The number of aromatic nitrogens is 1. The zero-order valence-corrected chi connectivity index (χ0v) is 36.6. The molecule has 10 aromatic carbocycles. The van der Waals surface area contributed by atoms with Crippen molar-refractivity contribution in [2.45, 2.75) is 6.17 Å². The minimum atomic E-state index is -0.526. The zero-order valence-electron chi connectivity index (χ0n) is 35.8. The lowest BCUT2D eigenvalue weighted by atomic mass is 9.97. The summed E-state index contributed by atoms with van der Waals surface area (Å²) in [6, 6.07) is 83.0. The summed E-state index contributed by atoms with van der Waals surface area (Å²) in [5, 5.41) is 11.1. The summed E-state index contributed by atoms with van der Waals surface area (Å²) in [5.41, 5.74) is 13.4. The van der Waals surface area contributed by atoms with Crippen molar-refractivity contribution >= 4 is 75.8 Å². The van der Waals surface area contributed by atoms with Crippen LogP contribution < -0.4 is 5.32 Å². The molecule has 0 saturated carbocycles. The lowest BCUT2D eigenvalue weighted by Gasteiger charge is -2.24. The van der Waals surface area contributed by atoms with Crippen LogP contribution >= 0.6 is 11.3 Å². The number of para-hydroxylation sites is 1. The normalized spacial score (nSPS) is 13.9. The zero-order chi connectivity index (χ0) is 43.6. The fraction of sp³-hybridized carbons (Fsp3) is 0.0164. The van der Waals surface area contributed by atoms with Gasteiger partial charge < -0.3 is 9.88 Å². The first-order chi connectivity index (χ1) is 32.7. The molecule has 0 aliphatic carbocycles. The minimum Gasteiger partial charge on any atom is -0.324 e. The van der Waals surface area contributed by atoms with Gasteiger partial charge in [0.05, 0.1) is 16.7 Å². The van der Waals surface area contributed by atoms with E-state index in [9.17, 15) is 0 Å². The number of nitrogens with zero attached hydrogens (tertiary/aromatic N) is 3. The number of rotatable bonds is 7. The molecule has 1 aliphatic rings. The number of amidine groups is 2. The van der Waals surface area contributed by atoms with Gasteiger partial charge in [-0.2, -0.15) is 0 Å². The van der Waals surface area contributed by atoms with E-state index in [0.29, 0.717) is 0 Å². The molecule has 66 heavy (non-hydrogen) atoms. The van der Waals surface area contributed by atoms with Crippen molar-refractivity contribution in [2.75, 3.05) is 0 Å². The summed E-state index contributed by atoms with van der Waals surface area (Å²) in [5.74, 6) is 1.56. The van der Waals surface area contributed by atoms with E-state index >= 15 is 0 Å². The predicted octanol–water partition coefficient (Wildman–Crippen LogP) is 15.8. The summed E-state index contributed by atoms with van der Waals surface area (Å²) in [4.78, 5) is 10.9. The molecule has 1 atom stereocenters. The Hall–Kier alpha value is -8.38. The van der Waals surface area contributed by atoms with Crippen molar-refractivity contribution < 1.29 is 0 Å². The average Bonchev–Trinajstić information content (AvgIpc) is 3.94. The van der Waals surface area contributed by atoms with Gasteiger partial charge in [-0.25, -0.2) is 9.98 Å². The predicted molar refractivity (Wildman–Crippen MR) is 279 cm³/mol. The van der Waals surface area contributed by atoms with Crippen LogP contribution in [-0.2, 0) is 0 Å². The van der Waals surface area contributed by atoms with Crippen LogP contribution in [0.3, 0.4) is 0 Å². The Morgan fingerprint density at radius 1 is 0.379 bits per heavy atom. The van der Waals surface area contributed by atoms with Crippen molar-refractivity contribution in [2.24, 2.45) is 9.98 Å². The van der Waals surface area contributed by atoms with Crippen molar-refractivity contribution in [3.05, 3.63) is 247 Å². The highest BCUT2D eigenvalue weighted by molar-refractivity contribution is 7.26. The number of aliphatic imine (C=N–C) groups is 2. The van der Waals surface area contributed by atoms with E-state index in [1.807, 2.05) is 11.3 Å². The quantitative estimate of drug-likeness (QED) is 0.170. The molecule has 0 bridgehead atoms. The number of hydrogen-bond acceptors (Lipinski definition) is 4. The maximum Gasteiger partial charge on any atom is 0.169 e. The van der Waals surface area contributed by atoms with Crippen LogP contribution in [0.4, 0.5) is 0 Å². The highest BCUT2D eigenvalue weighted by Crippen LogP contribution is 2.45. The second-order valence-corrected chi connectivity index (χ2v) is 18.0. The standard InChI is InChI=1S/C61H40N4S/c1-3-15-39(16-4-1)41-29-31-42(32-30-41)59-62-60(46-22-13-21-43(35-46)40-17-5-2-6-18-40)64-61(63-59)47-33-34-55(53(37-47)51-26-14-25-50-49-24-10-12-28-57(49)66-58(50)51)65-54-27-11-9-23-48(54)52-36-44-19-7-8-20-45(44)38-56(52)65/h1-38,61H,(H,62,63,64). The monoisotopic (exact) mass is 860 g/mol. The first-order valence-corrected chi connectivity index (χ1v) is 23.2. The van der Waals surface area contributed by atoms with Gasteiger partial charge in [0.2, 0.25) is 0 Å². The molecule has 0 radical (unpaired) electrons. The van der Waals surface area contributed by atoms with Gasteiger partial charge in [-0.1, -0.05) is 188 Å². The molecule has 3 heterocycles. The number of nitrogens with one attached hydrogen (secondary N) is 1. The SMILES string of the molecule is c1ccc(-c2ccc(C3=NC(c4ccc(-n5c6ccccc6c6cc7ccccc7cc65)c(-c5cccc6c5sc5ccccc56)c4)N=C(c4cccc(-c5ccccc5)c4)N3)cc2)cc1. The Balaban J connectivity index is 1.04. The van der Waals surface area contributed by atoms with E-state index in [1.165, 1.54) is 63.9 Å². The molecule has 0 spiro atoms. The first-order valence-electron chi connectivity index (χ1n) is 22.4. The molecule has 310 valence electrons. The summed E-state index contributed by atoms with van der Waals surface area (Å²) in [7, 11) is 0. The third kappa shape index (κ3) is 6.51. The lowest BCUT2D eigenvalue weighted by molar-refractivity contribution is 0.756. The highest BCUT2D eigenvalue weighted by atomic mass is 32.1. The molecule has 12 aromatic rings. The van der Waals surface area contributed by atoms with E-state index in [4.69, 9.17) is 9.98 Å². The van der Waals surface area contributed by atoms with Crippen molar-refractivity contribution in [3.8, 4) is 39.1 Å². The van der Waals surface area contributed by atoms with Crippen LogP contribution in [0.15, 0.2) is 241 Å². The Kier molecular flexibility index (Phi) is 9.07. The molecule has 2 aromatic heterocycles. The number of benzene rings is 10. The summed E-state index contributed by atoms with van der Waals surface area (Å²) in [6.45, 7) is 0. The largest absolute Gasteiger partial charge is 0.324 e. The molecular formula is C61H40N4S. The molecule has 13 rings (SSSR count). The third-order valence-electron chi connectivity index (χ3n) is 13.0. The van der Waals surface area contributed by atoms with Crippen LogP contribution in [-0.4, -0.2) is 16.2 Å². The molecule has 4 nitrogen and oxygen atoms in total. The van der Waals surface area contributed by atoms with Gasteiger partial charge >= 0.3 is 0 Å². The Labute approximate surface area is 386 Å². The maximum atomic E-state index is 5.47. The van der Waals surface area contributed by atoms with Crippen LogP contribution in [0.2, 0.25) is 0 Å². The smallest absolute Gasteiger partial charge is 0.169 e. The van der Waals surface area contributed by atoms with Crippen LogP contribution in [0.5, 0.6) is 0 Å². The van der Waals surface area contributed by atoms with Gasteiger partial charge in [-0.3, -0.25) is 0 Å². The van der Waals surface area contributed by atoms with Crippen molar-refractivity contribution in [1.29, 1.82) is 0 Å². The van der Waals surface area contributed by atoms with Crippen molar-refractivity contribution in [1.82, 2.24) is 9.88 Å². The number of fused-ring (bicyclic) bond motifs is 7. The molecular weight excluding hydrogens is 821 g/mol. The van der Waals surface area contributed by atoms with Gasteiger partial charge in [-0.05, 0) is 81.1 Å². The Morgan fingerprint density at radius 3 is 1.77 bits per heavy atom. The van der Waals surface area contributed by atoms with E-state index in [-0.39, 0.29) is 0 Å². The second-order valence-electron chi connectivity index (χ2n) is 17.0. The van der Waals surface area contributed by atoms with Gasteiger partial charge in [0.15, 0.2) is 6.17 Å². The molecule has 0 fully saturated rings. The fourth-order valence-corrected chi connectivity index (χ4v) is 11.0. The third-order valence-corrected chi connectivity index (χ3v) is 14.3. The lowest BCUT2D eigenvalue weighted by Crippen LogP contribution is -2.36. The Bertz CT molecular complexity index is 3900. The number of thiophene rings is 1. The molecule has 0 amide bonds. The van der Waals surface area contributed by atoms with E-state index in [1.54, 1.807) is 0 Å². The average molecular weight is 861 g/mol. The number of hydrogen-bond donors (Lipinski definition) is 1. The molecule has 0 saturated heterocycles. The summed E-state index contributed by atoms with van der Waals surface area (Å²) in [6.07, 6.45) is -0.526. The van der Waals surface area contributed by atoms with Gasteiger partial charge in [-0.15, -0.1) is 11.3 Å². The van der Waals surface area contributed by atoms with Gasteiger partial charge in [0.25, 0.3) is 0 Å². The summed E-state index contributed by atoms with van der Waals surface area (Å²) < 4.78 is 5.01. The molecule has 1 N–H and O–H groups in total. The Morgan fingerprint density at radius 2 is 0.970 bits per heavy atom. The molecule has 5 heteroatoms. The van der Waals surface area contributed by atoms with E-state index in [0.717, 1.165) is 56.3 Å². The highest BCUT2D eigenvalue weighted by Gasteiger charge is 2.25. The van der Waals surface area contributed by atoms with Crippen molar-refractivity contribution in [3.63, 3.8) is 0 Å². The van der Waals surface area contributed by atoms with E-state index < -0.39 is 6.17 Å². The second kappa shape index (κ2) is 15.7. The van der Waals surface area contributed by atoms with E-state index in [2.05, 4.69) is 240 Å². The maximum absolute atomic E-state index is 5.47. The summed E-state index contributed by atoms with van der Waals surface area (Å²) >= 11 is 1.86. The topological polar surface area (TPSA) is 41.7 Å². The molecule has 1 unspecified atom stereocenters.